The average Bonchev–Trinajstić information content (AvgIpc) is 2.88. The highest BCUT2D eigenvalue weighted by molar-refractivity contribution is 5.96. The number of hydrogen-bond donors (Lipinski definition) is 2. The lowest BCUT2D eigenvalue weighted by atomic mass is 10.2. The van der Waals surface area contributed by atoms with Crippen molar-refractivity contribution < 1.29 is 5.21 Å². The van der Waals surface area contributed by atoms with Gasteiger partial charge in [-0.05, 0) is 18.6 Å². The standard InChI is InChI=1S/C12H15N5O/c1-2-4-9-7-11(15-8-14-9)17-6-3-5-10(17)12(13)16-18/h3,5-8,18H,2,4H2,1H3,(H2,13,16). The molecule has 18 heavy (non-hydrogen) atoms. The van der Waals surface area contributed by atoms with Crippen LogP contribution in [0.25, 0.3) is 5.82 Å². The molecule has 0 aliphatic heterocycles. The molecule has 0 unspecified atom stereocenters. The normalized spacial score (nSPS) is 11.7. The lowest BCUT2D eigenvalue weighted by Crippen LogP contribution is -2.18. The molecule has 0 amide bonds. The molecule has 2 rings (SSSR count). The number of amidine groups is 1. The van der Waals surface area contributed by atoms with Crippen LogP contribution in [0.3, 0.4) is 0 Å². The van der Waals surface area contributed by atoms with Gasteiger partial charge in [-0.3, -0.25) is 4.57 Å². The van der Waals surface area contributed by atoms with Crippen LogP contribution >= 0.6 is 0 Å². The van der Waals surface area contributed by atoms with Gasteiger partial charge in [-0.2, -0.15) is 0 Å². The predicted molar refractivity (Wildman–Crippen MR) is 67.9 cm³/mol. The molecule has 0 bridgehead atoms. The Kier molecular flexibility index (Phi) is 3.57. The molecule has 3 N–H and O–H groups in total. The van der Waals surface area contributed by atoms with Crippen molar-refractivity contribution >= 4 is 5.84 Å². The summed E-state index contributed by atoms with van der Waals surface area (Å²) in [6.07, 6.45) is 5.26. The van der Waals surface area contributed by atoms with Gasteiger partial charge in [0.05, 0.1) is 5.69 Å². The van der Waals surface area contributed by atoms with Gasteiger partial charge in [0.1, 0.15) is 12.1 Å². The van der Waals surface area contributed by atoms with Gasteiger partial charge in [-0.1, -0.05) is 18.5 Å². The largest absolute Gasteiger partial charge is 0.409 e. The van der Waals surface area contributed by atoms with Crippen LogP contribution in [0.15, 0.2) is 35.9 Å². The molecule has 0 atom stereocenters. The van der Waals surface area contributed by atoms with Crippen LogP contribution in [0, 0.1) is 0 Å². The SMILES string of the molecule is CCCc1cc(-n2cccc2/C(N)=N/O)ncn1. The number of oxime groups is 1. The molecule has 2 aromatic heterocycles. The first-order valence-corrected chi connectivity index (χ1v) is 5.72. The van der Waals surface area contributed by atoms with Crippen molar-refractivity contribution in [2.24, 2.45) is 10.9 Å². The van der Waals surface area contributed by atoms with Gasteiger partial charge in [0.15, 0.2) is 5.84 Å². The van der Waals surface area contributed by atoms with Gasteiger partial charge >= 0.3 is 0 Å². The van der Waals surface area contributed by atoms with Crippen LogP contribution in [-0.4, -0.2) is 25.6 Å². The van der Waals surface area contributed by atoms with E-state index in [9.17, 15) is 0 Å². The van der Waals surface area contributed by atoms with Crippen molar-refractivity contribution in [2.75, 3.05) is 0 Å². The maximum atomic E-state index is 8.73. The smallest absolute Gasteiger partial charge is 0.187 e. The number of rotatable bonds is 4. The van der Waals surface area contributed by atoms with E-state index in [2.05, 4.69) is 22.0 Å². The minimum absolute atomic E-state index is 0.0515. The molecule has 0 aliphatic rings. The van der Waals surface area contributed by atoms with Crippen LogP contribution in [0.1, 0.15) is 24.7 Å². The van der Waals surface area contributed by atoms with E-state index >= 15 is 0 Å². The summed E-state index contributed by atoms with van der Waals surface area (Å²) < 4.78 is 1.76. The van der Waals surface area contributed by atoms with E-state index in [1.165, 1.54) is 6.33 Å². The molecule has 0 radical (unpaired) electrons. The molecule has 0 saturated carbocycles. The van der Waals surface area contributed by atoms with E-state index < -0.39 is 0 Å². The lowest BCUT2D eigenvalue weighted by Gasteiger charge is -2.08. The zero-order chi connectivity index (χ0) is 13.0. The molecule has 6 heteroatoms. The van der Waals surface area contributed by atoms with Gasteiger partial charge in [0.2, 0.25) is 0 Å². The molecule has 2 heterocycles. The third kappa shape index (κ3) is 2.32. The number of aromatic nitrogens is 3. The highest BCUT2D eigenvalue weighted by Crippen LogP contribution is 2.11. The molecular weight excluding hydrogens is 230 g/mol. The van der Waals surface area contributed by atoms with E-state index in [0.29, 0.717) is 11.5 Å². The number of nitrogens with two attached hydrogens (primary N) is 1. The fraction of sp³-hybridized carbons (Fsp3) is 0.250. The third-order valence-corrected chi connectivity index (χ3v) is 2.58. The summed E-state index contributed by atoms with van der Waals surface area (Å²) >= 11 is 0. The number of nitrogens with zero attached hydrogens (tertiary/aromatic N) is 4. The van der Waals surface area contributed by atoms with Gasteiger partial charge in [-0.25, -0.2) is 9.97 Å². The van der Waals surface area contributed by atoms with Gasteiger partial charge in [0.25, 0.3) is 0 Å². The molecule has 0 aromatic carbocycles. The van der Waals surface area contributed by atoms with Gasteiger partial charge < -0.3 is 10.9 Å². The molecular formula is C12H15N5O. The Morgan fingerprint density at radius 2 is 2.33 bits per heavy atom. The van der Waals surface area contributed by atoms with Crippen molar-refractivity contribution in [3.63, 3.8) is 0 Å². The zero-order valence-electron chi connectivity index (χ0n) is 10.1. The van der Waals surface area contributed by atoms with Crippen molar-refractivity contribution in [3.05, 3.63) is 42.1 Å². The van der Waals surface area contributed by atoms with Crippen LogP contribution in [0.2, 0.25) is 0 Å². The summed E-state index contributed by atoms with van der Waals surface area (Å²) in [5.41, 5.74) is 7.18. The Balaban J connectivity index is 2.43. The lowest BCUT2D eigenvalue weighted by molar-refractivity contribution is 0.318. The Bertz CT molecular complexity index is 561. The summed E-state index contributed by atoms with van der Waals surface area (Å²) in [5, 5.41) is 11.7. The quantitative estimate of drug-likeness (QED) is 0.368. The van der Waals surface area contributed by atoms with Gasteiger partial charge in [-0.15, -0.1) is 0 Å². The van der Waals surface area contributed by atoms with Crippen LogP contribution in [-0.2, 0) is 6.42 Å². The summed E-state index contributed by atoms with van der Waals surface area (Å²) in [6.45, 7) is 2.10. The molecule has 6 nitrogen and oxygen atoms in total. The fourth-order valence-electron chi connectivity index (χ4n) is 1.75. The first-order valence-electron chi connectivity index (χ1n) is 5.72. The minimum atomic E-state index is 0.0515. The number of aryl methyl sites for hydroxylation is 1. The topological polar surface area (TPSA) is 89.3 Å². The zero-order valence-corrected chi connectivity index (χ0v) is 10.1. The van der Waals surface area contributed by atoms with E-state index in [-0.39, 0.29) is 5.84 Å². The van der Waals surface area contributed by atoms with Crippen LogP contribution < -0.4 is 5.73 Å². The second kappa shape index (κ2) is 5.31. The van der Waals surface area contributed by atoms with E-state index in [0.717, 1.165) is 18.5 Å². The fourth-order valence-corrected chi connectivity index (χ4v) is 1.75. The monoisotopic (exact) mass is 245 g/mol. The van der Waals surface area contributed by atoms with E-state index in [4.69, 9.17) is 10.9 Å². The van der Waals surface area contributed by atoms with Crippen LogP contribution in [0.5, 0.6) is 0 Å². The molecule has 2 aromatic rings. The molecule has 94 valence electrons. The average molecular weight is 245 g/mol. The van der Waals surface area contributed by atoms with Crippen molar-refractivity contribution in [2.45, 2.75) is 19.8 Å². The summed E-state index contributed by atoms with van der Waals surface area (Å²) in [4.78, 5) is 8.40. The summed E-state index contributed by atoms with van der Waals surface area (Å²) in [7, 11) is 0. The minimum Gasteiger partial charge on any atom is -0.409 e. The van der Waals surface area contributed by atoms with Crippen LogP contribution in [0.4, 0.5) is 0 Å². The maximum absolute atomic E-state index is 8.73. The predicted octanol–water partition coefficient (Wildman–Crippen LogP) is 1.31. The second-order valence-electron chi connectivity index (χ2n) is 3.87. The van der Waals surface area contributed by atoms with Crippen molar-refractivity contribution in [1.82, 2.24) is 14.5 Å². The van der Waals surface area contributed by atoms with E-state index in [1.54, 1.807) is 10.6 Å². The van der Waals surface area contributed by atoms with Gasteiger partial charge in [0, 0.05) is 18.0 Å². The molecule has 0 aliphatic carbocycles. The first kappa shape index (κ1) is 12.1. The Morgan fingerprint density at radius 1 is 1.50 bits per heavy atom. The first-order chi connectivity index (χ1) is 8.76. The highest BCUT2D eigenvalue weighted by atomic mass is 16.4. The molecule has 0 saturated heterocycles. The molecule has 0 fully saturated rings. The number of hydrogen-bond acceptors (Lipinski definition) is 4. The Hall–Kier alpha value is -2.37. The Labute approximate surface area is 105 Å². The highest BCUT2D eigenvalue weighted by Gasteiger charge is 2.09. The maximum Gasteiger partial charge on any atom is 0.187 e. The van der Waals surface area contributed by atoms with Crippen molar-refractivity contribution in [3.8, 4) is 5.82 Å². The summed E-state index contributed by atoms with van der Waals surface area (Å²) in [6, 6.07) is 5.48. The third-order valence-electron chi connectivity index (χ3n) is 2.58. The molecule has 0 spiro atoms. The van der Waals surface area contributed by atoms with E-state index in [1.807, 2.05) is 18.3 Å². The second-order valence-corrected chi connectivity index (χ2v) is 3.87. The summed E-state index contributed by atoms with van der Waals surface area (Å²) in [5.74, 6) is 0.760. The Morgan fingerprint density at radius 3 is 3.06 bits per heavy atom. The van der Waals surface area contributed by atoms with Crippen molar-refractivity contribution in [1.29, 1.82) is 0 Å².